The Labute approximate surface area is 129 Å². The molecule has 0 unspecified atom stereocenters. The number of halogens is 1. The number of rotatable bonds is 5. The molecule has 0 saturated carbocycles. The first kappa shape index (κ1) is 15.4. The molecule has 0 saturated heterocycles. The van der Waals surface area contributed by atoms with E-state index in [9.17, 15) is 9.90 Å². The molecule has 2 aromatic rings. The highest BCUT2D eigenvalue weighted by atomic mass is 35.5. The van der Waals surface area contributed by atoms with Crippen molar-refractivity contribution in [3.05, 3.63) is 64.2 Å². The Morgan fingerprint density at radius 3 is 2.62 bits per heavy atom. The van der Waals surface area contributed by atoms with Gasteiger partial charge in [-0.15, -0.1) is 0 Å². The lowest BCUT2D eigenvalue weighted by atomic mass is 10.00. The minimum absolute atomic E-state index is 0.300. The predicted octanol–water partition coefficient (Wildman–Crippen LogP) is 4.03. The second-order valence-electron chi connectivity index (χ2n) is 5.01. The van der Waals surface area contributed by atoms with Crippen LogP contribution < -0.4 is 4.74 Å². The van der Waals surface area contributed by atoms with Crippen LogP contribution in [0.3, 0.4) is 0 Å². The van der Waals surface area contributed by atoms with Gasteiger partial charge in [0.15, 0.2) is 6.10 Å². The summed E-state index contributed by atoms with van der Waals surface area (Å²) in [5.74, 6) is -0.618. The van der Waals surface area contributed by atoms with E-state index in [2.05, 4.69) is 0 Å². The van der Waals surface area contributed by atoms with Crippen LogP contribution in [0.4, 0.5) is 0 Å². The standard InChI is InChI=1S/C17H17ClO3/c1-11-7-8-12(2)13(9-11)10-16(17(19)20)21-15-6-4-3-5-14(15)18/h3-9,16H,10H2,1-2H3,(H,19,20)/t16-/m0/s1. The Morgan fingerprint density at radius 2 is 1.95 bits per heavy atom. The van der Waals surface area contributed by atoms with Gasteiger partial charge in [0.05, 0.1) is 5.02 Å². The summed E-state index contributed by atoms with van der Waals surface area (Å²) in [4.78, 5) is 11.4. The van der Waals surface area contributed by atoms with E-state index in [0.717, 1.165) is 16.7 Å². The number of benzene rings is 2. The first-order valence-electron chi connectivity index (χ1n) is 6.67. The van der Waals surface area contributed by atoms with Gasteiger partial charge in [-0.05, 0) is 37.1 Å². The Morgan fingerprint density at radius 1 is 1.24 bits per heavy atom. The molecule has 0 amide bonds. The highest BCUT2D eigenvalue weighted by molar-refractivity contribution is 6.32. The molecule has 0 heterocycles. The summed E-state index contributed by atoms with van der Waals surface area (Å²) in [5.41, 5.74) is 3.11. The number of carboxylic acids is 1. The van der Waals surface area contributed by atoms with E-state index in [1.807, 2.05) is 32.0 Å². The highest BCUT2D eigenvalue weighted by Gasteiger charge is 2.22. The predicted molar refractivity (Wildman–Crippen MR) is 83.1 cm³/mol. The van der Waals surface area contributed by atoms with Crippen LogP contribution in [-0.4, -0.2) is 17.2 Å². The topological polar surface area (TPSA) is 46.5 Å². The van der Waals surface area contributed by atoms with E-state index in [1.165, 1.54) is 0 Å². The Bertz CT molecular complexity index is 652. The minimum atomic E-state index is -1.00. The zero-order valence-electron chi connectivity index (χ0n) is 12.0. The lowest BCUT2D eigenvalue weighted by Gasteiger charge is -2.17. The second kappa shape index (κ2) is 6.64. The van der Waals surface area contributed by atoms with E-state index in [4.69, 9.17) is 16.3 Å². The number of carboxylic acid groups (broad SMARTS) is 1. The van der Waals surface area contributed by atoms with Crippen molar-refractivity contribution in [3.8, 4) is 5.75 Å². The minimum Gasteiger partial charge on any atom is -0.478 e. The summed E-state index contributed by atoms with van der Waals surface area (Å²) in [6, 6.07) is 12.9. The number of hydrogen-bond acceptors (Lipinski definition) is 2. The molecule has 110 valence electrons. The van der Waals surface area contributed by atoms with Crippen LogP contribution in [0.15, 0.2) is 42.5 Å². The molecule has 21 heavy (non-hydrogen) atoms. The lowest BCUT2D eigenvalue weighted by molar-refractivity contribution is -0.145. The van der Waals surface area contributed by atoms with Crippen molar-refractivity contribution in [1.82, 2.24) is 0 Å². The van der Waals surface area contributed by atoms with E-state index in [-0.39, 0.29) is 0 Å². The number of aryl methyl sites for hydroxylation is 2. The zero-order valence-corrected chi connectivity index (χ0v) is 12.7. The van der Waals surface area contributed by atoms with Gasteiger partial charge in [-0.1, -0.05) is 47.5 Å². The number of para-hydroxylation sites is 1. The van der Waals surface area contributed by atoms with Gasteiger partial charge in [-0.25, -0.2) is 4.79 Å². The normalized spacial score (nSPS) is 12.0. The monoisotopic (exact) mass is 304 g/mol. The first-order valence-corrected chi connectivity index (χ1v) is 7.05. The summed E-state index contributed by atoms with van der Waals surface area (Å²) in [6.07, 6.45) is -0.668. The van der Waals surface area contributed by atoms with Gasteiger partial charge < -0.3 is 9.84 Å². The molecular formula is C17H17ClO3. The molecule has 2 rings (SSSR count). The summed E-state index contributed by atoms with van der Waals surface area (Å²) < 4.78 is 5.57. The van der Waals surface area contributed by atoms with Crippen LogP contribution in [0.5, 0.6) is 5.75 Å². The van der Waals surface area contributed by atoms with Crippen LogP contribution in [0, 0.1) is 13.8 Å². The molecule has 0 aromatic heterocycles. The van der Waals surface area contributed by atoms with Crippen molar-refractivity contribution in [2.24, 2.45) is 0 Å². The van der Waals surface area contributed by atoms with Gasteiger partial charge in [0.1, 0.15) is 5.75 Å². The van der Waals surface area contributed by atoms with Crippen LogP contribution in [0.25, 0.3) is 0 Å². The van der Waals surface area contributed by atoms with Crippen molar-refractivity contribution in [1.29, 1.82) is 0 Å². The molecule has 1 atom stereocenters. The second-order valence-corrected chi connectivity index (χ2v) is 5.42. The van der Waals surface area contributed by atoms with E-state index in [0.29, 0.717) is 17.2 Å². The summed E-state index contributed by atoms with van der Waals surface area (Å²) in [5, 5.41) is 9.79. The molecule has 3 nitrogen and oxygen atoms in total. The average molecular weight is 305 g/mol. The van der Waals surface area contributed by atoms with Crippen molar-refractivity contribution >= 4 is 17.6 Å². The van der Waals surface area contributed by atoms with Crippen LogP contribution >= 0.6 is 11.6 Å². The van der Waals surface area contributed by atoms with Gasteiger partial charge >= 0.3 is 5.97 Å². The van der Waals surface area contributed by atoms with E-state index < -0.39 is 12.1 Å². The fraction of sp³-hybridized carbons (Fsp3) is 0.235. The lowest BCUT2D eigenvalue weighted by Crippen LogP contribution is -2.29. The Kier molecular flexibility index (Phi) is 4.86. The average Bonchev–Trinajstić information content (AvgIpc) is 2.44. The molecule has 0 radical (unpaired) electrons. The van der Waals surface area contributed by atoms with Gasteiger partial charge in [0.25, 0.3) is 0 Å². The molecule has 1 N–H and O–H groups in total. The third kappa shape index (κ3) is 3.99. The van der Waals surface area contributed by atoms with Crippen LogP contribution in [-0.2, 0) is 11.2 Å². The SMILES string of the molecule is Cc1ccc(C)c(C[C@H](Oc2ccccc2Cl)C(=O)O)c1. The maximum atomic E-state index is 11.4. The first-order chi connectivity index (χ1) is 9.97. The molecule has 0 aliphatic carbocycles. The fourth-order valence-electron chi connectivity index (χ4n) is 2.09. The van der Waals surface area contributed by atoms with Gasteiger partial charge in [0.2, 0.25) is 0 Å². The van der Waals surface area contributed by atoms with Gasteiger partial charge in [0, 0.05) is 6.42 Å². The van der Waals surface area contributed by atoms with E-state index >= 15 is 0 Å². The molecule has 2 aromatic carbocycles. The zero-order chi connectivity index (χ0) is 15.4. The van der Waals surface area contributed by atoms with Gasteiger partial charge in [-0.2, -0.15) is 0 Å². The molecule has 0 aliphatic heterocycles. The molecule has 4 heteroatoms. The summed E-state index contributed by atoms with van der Waals surface area (Å²) in [7, 11) is 0. The quantitative estimate of drug-likeness (QED) is 0.907. The smallest absolute Gasteiger partial charge is 0.345 e. The van der Waals surface area contributed by atoms with Crippen molar-refractivity contribution in [2.45, 2.75) is 26.4 Å². The van der Waals surface area contributed by atoms with Crippen LogP contribution in [0.2, 0.25) is 5.02 Å². The number of hydrogen-bond donors (Lipinski definition) is 1. The van der Waals surface area contributed by atoms with E-state index in [1.54, 1.807) is 24.3 Å². The Hall–Kier alpha value is -2.00. The molecule has 0 fully saturated rings. The summed E-state index contributed by atoms with van der Waals surface area (Å²) in [6.45, 7) is 3.94. The van der Waals surface area contributed by atoms with Crippen molar-refractivity contribution in [2.75, 3.05) is 0 Å². The highest BCUT2D eigenvalue weighted by Crippen LogP contribution is 2.25. The maximum absolute atomic E-state index is 11.4. The Balaban J connectivity index is 2.22. The molecular weight excluding hydrogens is 288 g/mol. The molecule has 0 aliphatic rings. The van der Waals surface area contributed by atoms with Crippen molar-refractivity contribution in [3.63, 3.8) is 0 Å². The number of ether oxygens (including phenoxy) is 1. The third-order valence-electron chi connectivity index (χ3n) is 3.29. The molecule has 0 bridgehead atoms. The maximum Gasteiger partial charge on any atom is 0.345 e. The number of carbonyl (C=O) groups is 1. The number of aliphatic carboxylic acids is 1. The van der Waals surface area contributed by atoms with Crippen molar-refractivity contribution < 1.29 is 14.6 Å². The fourth-order valence-corrected chi connectivity index (χ4v) is 2.27. The summed E-state index contributed by atoms with van der Waals surface area (Å²) >= 11 is 6.01. The molecule has 0 spiro atoms. The third-order valence-corrected chi connectivity index (χ3v) is 3.60. The van der Waals surface area contributed by atoms with Crippen LogP contribution in [0.1, 0.15) is 16.7 Å². The van der Waals surface area contributed by atoms with Gasteiger partial charge in [-0.3, -0.25) is 0 Å². The largest absolute Gasteiger partial charge is 0.478 e.